The second kappa shape index (κ2) is 10.0. The lowest BCUT2D eigenvalue weighted by atomic mass is 9.92. The first-order valence-corrected chi connectivity index (χ1v) is 11.5. The molecule has 3 N–H and O–H groups in total. The van der Waals surface area contributed by atoms with Gasteiger partial charge in [-0.25, -0.2) is 4.79 Å². The van der Waals surface area contributed by atoms with E-state index in [2.05, 4.69) is 28.7 Å². The zero-order chi connectivity index (χ0) is 24.1. The molecule has 1 fully saturated rings. The molecule has 4 rings (SSSR count). The zero-order valence-corrected chi connectivity index (χ0v) is 18.9. The maximum Gasteiger partial charge on any atom is 0.407 e. The minimum Gasteiger partial charge on any atom is -0.481 e. The standard InChI is InChI=1S/C27H28N2O5/c1-2-9-23(25(32)29-27(16-24(30)31)14-7-8-15-27)28-26(33)34-17-22-20-12-5-3-10-18(20)19-11-4-6-13-21(19)22/h1,3-6,10-13,22-23H,7-9,14-17H2,(H,28,33)(H,29,32)(H,30,31). The van der Waals surface area contributed by atoms with Crippen LogP contribution in [0.15, 0.2) is 48.5 Å². The summed E-state index contributed by atoms with van der Waals surface area (Å²) in [5.74, 6) is 0.843. The number of alkyl carbamates (subject to hydrolysis) is 1. The average molecular weight is 461 g/mol. The molecule has 0 aliphatic heterocycles. The summed E-state index contributed by atoms with van der Waals surface area (Å²) in [6, 6.07) is 15.0. The molecule has 0 saturated heterocycles. The van der Waals surface area contributed by atoms with Crippen molar-refractivity contribution in [2.45, 2.75) is 56.0 Å². The van der Waals surface area contributed by atoms with Gasteiger partial charge >= 0.3 is 12.1 Å². The van der Waals surface area contributed by atoms with Gasteiger partial charge in [-0.2, -0.15) is 0 Å². The number of carboxylic acid groups (broad SMARTS) is 1. The van der Waals surface area contributed by atoms with Crippen LogP contribution >= 0.6 is 0 Å². The van der Waals surface area contributed by atoms with E-state index >= 15 is 0 Å². The van der Waals surface area contributed by atoms with E-state index in [9.17, 15) is 19.5 Å². The van der Waals surface area contributed by atoms with E-state index in [-0.39, 0.29) is 25.4 Å². The molecule has 176 valence electrons. The molecule has 1 atom stereocenters. The Balaban J connectivity index is 1.40. The molecular formula is C27H28N2O5. The van der Waals surface area contributed by atoms with Gasteiger partial charge in [-0.15, -0.1) is 12.3 Å². The number of nitrogens with one attached hydrogen (secondary N) is 2. The van der Waals surface area contributed by atoms with E-state index in [0.717, 1.165) is 35.1 Å². The Bertz CT molecular complexity index is 1080. The van der Waals surface area contributed by atoms with Crippen molar-refractivity contribution in [3.63, 3.8) is 0 Å². The van der Waals surface area contributed by atoms with Crippen LogP contribution in [0.1, 0.15) is 55.6 Å². The summed E-state index contributed by atoms with van der Waals surface area (Å²) in [4.78, 5) is 36.9. The molecule has 2 amide bonds. The van der Waals surface area contributed by atoms with E-state index < -0.39 is 29.6 Å². The SMILES string of the molecule is C#CCC(NC(=O)OCC1c2ccccc2-c2ccccc21)C(=O)NC1(CC(=O)O)CCCC1. The number of aliphatic carboxylic acids is 1. The Morgan fingerprint density at radius 2 is 1.65 bits per heavy atom. The molecule has 7 nitrogen and oxygen atoms in total. The predicted molar refractivity (Wildman–Crippen MR) is 127 cm³/mol. The van der Waals surface area contributed by atoms with Crippen LogP contribution < -0.4 is 10.6 Å². The quantitative estimate of drug-likeness (QED) is 0.520. The van der Waals surface area contributed by atoms with Crippen molar-refractivity contribution in [2.75, 3.05) is 6.61 Å². The van der Waals surface area contributed by atoms with Crippen LogP contribution in [0.3, 0.4) is 0 Å². The summed E-state index contributed by atoms with van der Waals surface area (Å²) in [6.07, 6.45) is 7.34. The normalized spacial score (nSPS) is 16.6. The zero-order valence-electron chi connectivity index (χ0n) is 18.9. The first kappa shape index (κ1) is 23.4. The van der Waals surface area contributed by atoms with Gasteiger partial charge in [0.05, 0.1) is 12.0 Å². The lowest BCUT2D eigenvalue weighted by Crippen LogP contribution is -2.55. The Kier molecular flexibility index (Phi) is 6.87. The molecule has 7 heteroatoms. The third-order valence-corrected chi connectivity index (χ3v) is 6.71. The van der Waals surface area contributed by atoms with E-state index in [1.54, 1.807) is 0 Å². The third-order valence-electron chi connectivity index (χ3n) is 6.71. The van der Waals surface area contributed by atoms with Crippen molar-refractivity contribution >= 4 is 18.0 Å². The molecule has 34 heavy (non-hydrogen) atoms. The van der Waals surface area contributed by atoms with Gasteiger partial charge in [-0.05, 0) is 35.1 Å². The maximum absolute atomic E-state index is 12.9. The van der Waals surface area contributed by atoms with Gasteiger partial charge in [-0.1, -0.05) is 61.4 Å². The molecule has 2 aromatic rings. The molecule has 0 aromatic heterocycles. The first-order chi connectivity index (χ1) is 16.4. The summed E-state index contributed by atoms with van der Waals surface area (Å²) in [6.45, 7) is 0.118. The predicted octanol–water partition coefficient (Wildman–Crippen LogP) is 3.82. The van der Waals surface area contributed by atoms with Crippen LogP contribution in [0.5, 0.6) is 0 Å². The highest BCUT2D eigenvalue weighted by molar-refractivity contribution is 5.87. The summed E-state index contributed by atoms with van der Waals surface area (Å²) in [5.41, 5.74) is 3.62. The van der Waals surface area contributed by atoms with Crippen molar-refractivity contribution in [2.24, 2.45) is 0 Å². The Labute approximate surface area is 198 Å². The molecule has 0 bridgehead atoms. The van der Waals surface area contributed by atoms with Crippen molar-refractivity contribution < 1.29 is 24.2 Å². The van der Waals surface area contributed by atoms with Crippen LogP contribution in [0.4, 0.5) is 4.79 Å². The number of hydrogen-bond acceptors (Lipinski definition) is 4. The second-order valence-corrected chi connectivity index (χ2v) is 8.98. The van der Waals surface area contributed by atoms with Crippen molar-refractivity contribution in [3.8, 4) is 23.5 Å². The highest BCUT2D eigenvalue weighted by Gasteiger charge is 2.39. The average Bonchev–Trinajstić information content (AvgIpc) is 3.39. The second-order valence-electron chi connectivity index (χ2n) is 8.98. The monoisotopic (exact) mass is 460 g/mol. The van der Waals surface area contributed by atoms with Crippen LogP contribution in [0, 0.1) is 12.3 Å². The van der Waals surface area contributed by atoms with Crippen LogP contribution in [0.25, 0.3) is 11.1 Å². The topological polar surface area (TPSA) is 105 Å². The number of carboxylic acids is 1. The molecule has 0 radical (unpaired) electrons. The lowest BCUT2D eigenvalue weighted by Gasteiger charge is -2.30. The van der Waals surface area contributed by atoms with Gasteiger partial charge in [0.2, 0.25) is 5.91 Å². The molecular weight excluding hydrogens is 432 g/mol. The third kappa shape index (κ3) is 4.91. The van der Waals surface area contributed by atoms with Crippen molar-refractivity contribution in [1.82, 2.24) is 10.6 Å². The van der Waals surface area contributed by atoms with Crippen molar-refractivity contribution in [1.29, 1.82) is 0 Å². The van der Waals surface area contributed by atoms with Gasteiger partial charge in [0.15, 0.2) is 0 Å². The number of benzene rings is 2. The van der Waals surface area contributed by atoms with Gasteiger partial charge < -0.3 is 20.5 Å². The summed E-state index contributed by atoms with van der Waals surface area (Å²) in [5, 5.41) is 14.7. The Morgan fingerprint density at radius 3 is 2.21 bits per heavy atom. The number of hydrogen-bond donors (Lipinski definition) is 3. The lowest BCUT2D eigenvalue weighted by molar-refractivity contribution is -0.139. The highest BCUT2D eigenvalue weighted by atomic mass is 16.5. The highest BCUT2D eigenvalue weighted by Crippen LogP contribution is 2.44. The fourth-order valence-corrected chi connectivity index (χ4v) is 5.15. The number of terminal acetylenes is 1. The van der Waals surface area contributed by atoms with E-state index in [0.29, 0.717) is 12.8 Å². The van der Waals surface area contributed by atoms with Crippen molar-refractivity contribution in [3.05, 3.63) is 59.7 Å². The Morgan fingerprint density at radius 1 is 1.06 bits per heavy atom. The Hall–Kier alpha value is -3.79. The van der Waals surface area contributed by atoms with E-state index in [1.807, 2.05) is 36.4 Å². The molecule has 1 unspecified atom stereocenters. The largest absolute Gasteiger partial charge is 0.481 e. The molecule has 0 heterocycles. The number of carbonyl (C=O) groups excluding carboxylic acids is 2. The van der Waals surface area contributed by atoms with Crippen LogP contribution in [-0.2, 0) is 14.3 Å². The molecule has 2 aliphatic carbocycles. The van der Waals surface area contributed by atoms with Gasteiger partial charge in [-0.3, -0.25) is 9.59 Å². The van der Waals surface area contributed by atoms with E-state index in [1.165, 1.54) is 0 Å². The molecule has 2 aliphatic rings. The van der Waals surface area contributed by atoms with E-state index in [4.69, 9.17) is 11.2 Å². The van der Waals surface area contributed by atoms with Gasteiger partial charge in [0, 0.05) is 12.3 Å². The maximum atomic E-state index is 12.9. The van der Waals surface area contributed by atoms with Crippen LogP contribution in [0.2, 0.25) is 0 Å². The smallest absolute Gasteiger partial charge is 0.407 e. The summed E-state index contributed by atoms with van der Waals surface area (Å²) >= 11 is 0. The van der Waals surface area contributed by atoms with Gasteiger partial charge in [0.1, 0.15) is 12.6 Å². The minimum absolute atomic E-state index is 0.0286. The number of carbonyl (C=O) groups is 3. The summed E-state index contributed by atoms with van der Waals surface area (Å²) < 4.78 is 5.53. The van der Waals surface area contributed by atoms with Gasteiger partial charge in [0.25, 0.3) is 0 Å². The number of fused-ring (bicyclic) bond motifs is 3. The van der Waals surface area contributed by atoms with Crippen LogP contribution in [-0.4, -0.2) is 41.3 Å². The first-order valence-electron chi connectivity index (χ1n) is 11.5. The minimum atomic E-state index is -1.01. The fraction of sp³-hybridized carbons (Fsp3) is 0.370. The fourth-order valence-electron chi connectivity index (χ4n) is 5.15. The molecule has 1 saturated carbocycles. The number of rotatable bonds is 8. The molecule has 0 spiro atoms. The number of amides is 2. The summed E-state index contributed by atoms with van der Waals surface area (Å²) in [7, 11) is 0. The number of ether oxygens (including phenoxy) is 1. The molecule has 2 aromatic carbocycles.